The zero-order valence-electron chi connectivity index (χ0n) is 14.6. The third-order valence-electron chi connectivity index (χ3n) is 6.88. The van der Waals surface area contributed by atoms with Gasteiger partial charge in [0.05, 0.1) is 31.1 Å². The van der Waals surface area contributed by atoms with Crippen LogP contribution in [0.2, 0.25) is 0 Å². The molecule has 0 radical (unpaired) electrons. The predicted molar refractivity (Wildman–Crippen MR) is 93.2 cm³/mol. The number of aromatic nitrogens is 2. The molecular formula is C20H25N3O2. The Kier molecular flexibility index (Phi) is 2.98. The van der Waals surface area contributed by atoms with Crippen molar-refractivity contribution in [1.29, 1.82) is 0 Å². The number of pyridine rings is 1. The van der Waals surface area contributed by atoms with Gasteiger partial charge in [-0.15, -0.1) is 0 Å². The zero-order chi connectivity index (χ0) is 16.5. The van der Waals surface area contributed by atoms with Gasteiger partial charge in [-0.1, -0.05) is 6.07 Å². The summed E-state index contributed by atoms with van der Waals surface area (Å²) < 4.78 is 14.2. The largest absolute Gasteiger partial charge is 0.378 e. The molecule has 25 heavy (non-hydrogen) atoms. The van der Waals surface area contributed by atoms with Crippen LogP contribution in [0.15, 0.2) is 30.6 Å². The van der Waals surface area contributed by atoms with Gasteiger partial charge in [0.1, 0.15) is 5.65 Å². The van der Waals surface area contributed by atoms with E-state index in [0.717, 1.165) is 50.4 Å². The summed E-state index contributed by atoms with van der Waals surface area (Å²) in [5.74, 6) is 1.64. The molecule has 3 aliphatic heterocycles. The van der Waals surface area contributed by atoms with E-state index >= 15 is 0 Å². The summed E-state index contributed by atoms with van der Waals surface area (Å²) in [6.07, 6.45) is 8.02. The third kappa shape index (κ3) is 2.36. The predicted octanol–water partition coefficient (Wildman–Crippen LogP) is 2.35. The number of ether oxygens (including phenoxy) is 2. The minimum atomic E-state index is 0.0977. The lowest BCUT2D eigenvalue weighted by atomic mass is 9.75. The summed E-state index contributed by atoms with van der Waals surface area (Å²) in [4.78, 5) is 7.30. The van der Waals surface area contributed by atoms with Crippen LogP contribution >= 0.6 is 0 Å². The maximum Gasteiger partial charge on any atom is 0.137 e. The second kappa shape index (κ2) is 5.06. The van der Waals surface area contributed by atoms with E-state index in [0.29, 0.717) is 5.41 Å². The van der Waals surface area contributed by atoms with Gasteiger partial charge >= 0.3 is 0 Å². The second-order valence-electron chi connectivity index (χ2n) is 8.89. The van der Waals surface area contributed by atoms with Crippen molar-refractivity contribution in [2.45, 2.75) is 31.4 Å². The molecule has 7 rings (SSSR count). The second-order valence-corrected chi connectivity index (χ2v) is 8.89. The average molecular weight is 339 g/mol. The van der Waals surface area contributed by atoms with E-state index in [9.17, 15) is 0 Å². The molecule has 2 unspecified atom stereocenters. The Morgan fingerprint density at radius 1 is 1.24 bits per heavy atom. The lowest BCUT2D eigenvalue weighted by molar-refractivity contribution is -0.0786. The lowest BCUT2D eigenvalue weighted by Gasteiger charge is -2.35. The van der Waals surface area contributed by atoms with Crippen molar-refractivity contribution in [1.82, 2.24) is 14.3 Å². The molecule has 5 nitrogen and oxygen atoms in total. The van der Waals surface area contributed by atoms with Crippen molar-refractivity contribution in [3.8, 4) is 0 Å². The van der Waals surface area contributed by atoms with Gasteiger partial charge < -0.3 is 13.9 Å². The van der Waals surface area contributed by atoms with Crippen molar-refractivity contribution in [2.75, 3.05) is 32.9 Å². The monoisotopic (exact) mass is 339 g/mol. The van der Waals surface area contributed by atoms with E-state index in [1.54, 1.807) is 0 Å². The normalized spacial score (nSPS) is 38.9. The minimum Gasteiger partial charge on any atom is -0.378 e. The topological polar surface area (TPSA) is 39.0 Å². The number of hydrogen-bond donors (Lipinski definition) is 0. The zero-order valence-corrected chi connectivity index (χ0v) is 14.6. The number of fused-ring (bicyclic) bond motifs is 3. The Bertz CT molecular complexity index is 774. The quantitative estimate of drug-likeness (QED) is 0.810. The first-order chi connectivity index (χ1) is 12.2. The number of likely N-dealkylation sites (tertiary alicyclic amines) is 1. The molecule has 2 atom stereocenters. The highest BCUT2D eigenvalue weighted by molar-refractivity contribution is 5.39. The molecule has 132 valence electrons. The Balaban J connectivity index is 1.05. The summed E-state index contributed by atoms with van der Waals surface area (Å²) in [5.41, 5.74) is 2.72. The summed E-state index contributed by atoms with van der Waals surface area (Å²) in [6.45, 7) is 5.99. The number of rotatable bonds is 6. The third-order valence-corrected chi connectivity index (χ3v) is 6.88. The van der Waals surface area contributed by atoms with E-state index in [1.807, 2.05) is 12.1 Å². The van der Waals surface area contributed by atoms with Crippen LogP contribution in [0, 0.1) is 17.3 Å². The first kappa shape index (κ1) is 14.7. The standard InChI is InChI=1S/C20H25N3O2/c1-2-4-23-10-17(21-18(23)3-1)9-22-8-16-7-19(16,12-22)13-24-14-20-5-15(6-20)11-25-20/h1-4,10,15-16H,5-9,11-14H2. The molecule has 2 aromatic heterocycles. The van der Waals surface area contributed by atoms with E-state index < -0.39 is 0 Å². The van der Waals surface area contributed by atoms with Gasteiger partial charge in [0.25, 0.3) is 0 Å². The minimum absolute atomic E-state index is 0.0977. The van der Waals surface area contributed by atoms with Gasteiger partial charge in [-0.2, -0.15) is 0 Å². The van der Waals surface area contributed by atoms with Crippen molar-refractivity contribution < 1.29 is 9.47 Å². The molecule has 5 fully saturated rings. The summed E-state index contributed by atoms with van der Waals surface area (Å²) in [5, 5.41) is 0. The first-order valence-corrected chi connectivity index (χ1v) is 9.59. The van der Waals surface area contributed by atoms with E-state index in [2.05, 4.69) is 27.8 Å². The van der Waals surface area contributed by atoms with Crippen LogP contribution in [0.25, 0.3) is 5.65 Å². The van der Waals surface area contributed by atoms with Crippen molar-refractivity contribution >= 4 is 5.65 Å². The molecule has 2 aromatic rings. The molecule has 2 aliphatic carbocycles. The van der Waals surface area contributed by atoms with Gasteiger partial charge in [0, 0.05) is 37.4 Å². The van der Waals surface area contributed by atoms with Crippen LogP contribution in [-0.4, -0.2) is 52.8 Å². The van der Waals surface area contributed by atoms with Crippen LogP contribution in [0.1, 0.15) is 25.0 Å². The molecule has 2 saturated carbocycles. The average Bonchev–Trinajstić information content (AvgIpc) is 3.06. The smallest absolute Gasteiger partial charge is 0.137 e. The number of hydrogen-bond acceptors (Lipinski definition) is 4. The fourth-order valence-electron chi connectivity index (χ4n) is 5.46. The van der Waals surface area contributed by atoms with Crippen molar-refractivity contribution in [3.05, 3.63) is 36.3 Å². The first-order valence-electron chi connectivity index (χ1n) is 9.59. The fourth-order valence-corrected chi connectivity index (χ4v) is 5.46. The maximum atomic E-state index is 6.16. The highest BCUT2D eigenvalue weighted by atomic mass is 16.6. The molecule has 5 aliphatic rings. The molecule has 5 heteroatoms. The fraction of sp³-hybridized carbons (Fsp3) is 0.650. The molecule has 5 heterocycles. The molecular weight excluding hydrogens is 314 g/mol. The van der Waals surface area contributed by atoms with Crippen LogP contribution in [0.3, 0.4) is 0 Å². The Hall–Kier alpha value is -1.43. The molecule has 3 saturated heterocycles. The van der Waals surface area contributed by atoms with Gasteiger partial charge in [-0.3, -0.25) is 4.90 Å². The van der Waals surface area contributed by atoms with Crippen LogP contribution in [0.5, 0.6) is 0 Å². The van der Waals surface area contributed by atoms with E-state index in [4.69, 9.17) is 14.5 Å². The SMILES string of the molecule is c1ccn2cc(CN3CC4CC4(COCC45CC(CO4)C5)C3)nc2c1. The van der Waals surface area contributed by atoms with Crippen LogP contribution in [-0.2, 0) is 16.0 Å². The van der Waals surface area contributed by atoms with Crippen molar-refractivity contribution in [3.63, 3.8) is 0 Å². The molecule has 0 N–H and O–H groups in total. The van der Waals surface area contributed by atoms with E-state index in [-0.39, 0.29) is 5.60 Å². The molecule has 0 amide bonds. The number of imidazole rings is 1. The highest BCUT2D eigenvalue weighted by Gasteiger charge is 2.60. The number of piperidine rings is 1. The van der Waals surface area contributed by atoms with Crippen LogP contribution in [0.4, 0.5) is 0 Å². The lowest BCUT2D eigenvalue weighted by Crippen LogP contribution is -2.41. The Labute approximate surface area is 147 Å². The summed E-state index contributed by atoms with van der Waals surface area (Å²) in [6, 6.07) is 6.16. The van der Waals surface area contributed by atoms with Gasteiger partial charge in [-0.25, -0.2) is 4.98 Å². The highest BCUT2D eigenvalue weighted by Crippen LogP contribution is 2.58. The molecule has 0 spiro atoms. The maximum absolute atomic E-state index is 6.16. The van der Waals surface area contributed by atoms with Gasteiger partial charge in [-0.05, 0) is 43.2 Å². The van der Waals surface area contributed by atoms with Crippen LogP contribution < -0.4 is 0 Å². The van der Waals surface area contributed by atoms with Crippen molar-refractivity contribution in [2.24, 2.45) is 17.3 Å². The van der Waals surface area contributed by atoms with E-state index in [1.165, 1.54) is 31.5 Å². The Morgan fingerprint density at radius 2 is 2.20 bits per heavy atom. The molecule has 2 bridgehead atoms. The summed E-state index contributed by atoms with van der Waals surface area (Å²) in [7, 11) is 0. The Morgan fingerprint density at radius 3 is 3.04 bits per heavy atom. The summed E-state index contributed by atoms with van der Waals surface area (Å²) >= 11 is 0. The number of nitrogens with zero attached hydrogens (tertiary/aromatic N) is 3. The molecule has 0 aromatic carbocycles. The van der Waals surface area contributed by atoms with Gasteiger partial charge in [0.2, 0.25) is 0 Å². The van der Waals surface area contributed by atoms with Gasteiger partial charge in [0.15, 0.2) is 0 Å².